The van der Waals surface area contributed by atoms with Gasteiger partial charge in [0.25, 0.3) is 0 Å². The minimum Gasteiger partial charge on any atom is -0.419 e. The zero-order valence-electron chi connectivity index (χ0n) is 14.1. The van der Waals surface area contributed by atoms with Gasteiger partial charge in [0.2, 0.25) is 21.8 Å². The number of rotatable bonds is 6. The van der Waals surface area contributed by atoms with E-state index in [1.54, 1.807) is 12.1 Å². The molecule has 0 radical (unpaired) electrons. The molecule has 25 heavy (non-hydrogen) atoms. The van der Waals surface area contributed by atoms with Crippen molar-refractivity contribution in [3.8, 4) is 11.5 Å². The second kappa shape index (κ2) is 7.16. The Morgan fingerprint density at radius 3 is 2.44 bits per heavy atom. The van der Waals surface area contributed by atoms with E-state index in [0.717, 1.165) is 22.3 Å². The van der Waals surface area contributed by atoms with E-state index >= 15 is 0 Å². The van der Waals surface area contributed by atoms with E-state index in [-0.39, 0.29) is 18.2 Å². The molecule has 7 heteroatoms. The molecule has 2 aromatic carbocycles. The van der Waals surface area contributed by atoms with Gasteiger partial charge in [0.05, 0.1) is 12.3 Å². The summed E-state index contributed by atoms with van der Waals surface area (Å²) in [7, 11) is -3.49. The van der Waals surface area contributed by atoms with Gasteiger partial charge in [-0.15, -0.1) is 10.2 Å². The smallest absolute Gasteiger partial charge is 0.248 e. The third kappa shape index (κ3) is 4.52. The van der Waals surface area contributed by atoms with Gasteiger partial charge in [0.1, 0.15) is 0 Å². The predicted octanol–water partition coefficient (Wildman–Crippen LogP) is 2.97. The van der Waals surface area contributed by atoms with Gasteiger partial charge in [-0.3, -0.25) is 0 Å². The first-order valence-corrected chi connectivity index (χ1v) is 9.49. The van der Waals surface area contributed by atoms with E-state index in [2.05, 4.69) is 14.9 Å². The lowest BCUT2D eigenvalue weighted by Gasteiger charge is -2.05. The summed E-state index contributed by atoms with van der Waals surface area (Å²) < 4.78 is 32.4. The van der Waals surface area contributed by atoms with Crippen molar-refractivity contribution in [3.63, 3.8) is 0 Å². The lowest BCUT2D eigenvalue weighted by molar-refractivity contribution is 0.494. The van der Waals surface area contributed by atoms with E-state index < -0.39 is 10.0 Å². The number of hydrogen-bond acceptors (Lipinski definition) is 5. The molecular formula is C18H19N3O3S. The Kier molecular flexibility index (Phi) is 4.96. The van der Waals surface area contributed by atoms with Gasteiger partial charge >= 0.3 is 0 Å². The van der Waals surface area contributed by atoms with E-state index in [1.807, 2.05) is 50.2 Å². The summed E-state index contributed by atoms with van der Waals surface area (Å²) in [6, 6.07) is 15.0. The third-order valence-electron chi connectivity index (χ3n) is 3.76. The van der Waals surface area contributed by atoms with Crippen LogP contribution in [0.5, 0.6) is 0 Å². The van der Waals surface area contributed by atoms with Crippen molar-refractivity contribution in [1.29, 1.82) is 0 Å². The minimum atomic E-state index is -3.49. The van der Waals surface area contributed by atoms with E-state index in [0.29, 0.717) is 5.89 Å². The molecule has 1 N–H and O–H groups in total. The van der Waals surface area contributed by atoms with Gasteiger partial charge in [-0.25, -0.2) is 13.1 Å². The fraction of sp³-hybridized carbons (Fsp3) is 0.222. The molecule has 0 aliphatic rings. The van der Waals surface area contributed by atoms with Crippen LogP contribution >= 0.6 is 0 Å². The monoisotopic (exact) mass is 357 g/mol. The van der Waals surface area contributed by atoms with Crippen LogP contribution in [0, 0.1) is 13.8 Å². The van der Waals surface area contributed by atoms with E-state index in [1.165, 1.54) is 0 Å². The number of aryl methyl sites for hydroxylation is 2. The molecule has 0 atom stereocenters. The SMILES string of the molecule is Cc1ccc(CS(=O)(=O)NCc2nnc(-c3ccccc3C)o2)cc1. The first kappa shape index (κ1) is 17.3. The molecular weight excluding hydrogens is 338 g/mol. The van der Waals surface area contributed by atoms with Crippen molar-refractivity contribution < 1.29 is 12.8 Å². The normalized spacial score (nSPS) is 11.6. The zero-order valence-corrected chi connectivity index (χ0v) is 14.9. The van der Waals surface area contributed by atoms with Gasteiger partial charge in [-0.1, -0.05) is 48.0 Å². The zero-order chi connectivity index (χ0) is 17.9. The molecule has 0 spiro atoms. The van der Waals surface area contributed by atoms with Crippen LogP contribution in [0.2, 0.25) is 0 Å². The standard InChI is InChI=1S/C18H19N3O3S/c1-13-7-9-15(10-8-13)12-25(22,23)19-11-17-20-21-18(24-17)16-6-4-3-5-14(16)2/h3-10,19H,11-12H2,1-2H3. The Morgan fingerprint density at radius 2 is 1.72 bits per heavy atom. The van der Waals surface area contributed by atoms with Crippen LogP contribution in [0.25, 0.3) is 11.5 Å². The maximum absolute atomic E-state index is 12.2. The maximum Gasteiger partial charge on any atom is 0.248 e. The van der Waals surface area contributed by atoms with Crippen LogP contribution in [0.3, 0.4) is 0 Å². The summed E-state index contributed by atoms with van der Waals surface area (Å²) in [6.07, 6.45) is 0. The highest BCUT2D eigenvalue weighted by Gasteiger charge is 2.15. The second-order valence-corrected chi connectivity index (χ2v) is 7.69. The molecule has 1 heterocycles. The van der Waals surface area contributed by atoms with Crippen molar-refractivity contribution >= 4 is 10.0 Å². The summed E-state index contributed by atoms with van der Waals surface area (Å²) >= 11 is 0. The van der Waals surface area contributed by atoms with Crippen LogP contribution in [-0.4, -0.2) is 18.6 Å². The van der Waals surface area contributed by atoms with Crippen LogP contribution < -0.4 is 4.72 Å². The van der Waals surface area contributed by atoms with Gasteiger partial charge in [0.15, 0.2) is 0 Å². The number of hydrogen-bond donors (Lipinski definition) is 1. The minimum absolute atomic E-state index is 0.0346. The molecule has 0 fully saturated rings. The molecule has 0 saturated carbocycles. The number of benzene rings is 2. The highest BCUT2D eigenvalue weighted by molar-refractivity contribution is 7.88. The summed E-state index contributed by atoms with van der Waals surface area (Å²) in [5.74, 6) is 0.517. The maximum atomic E-state index is 12.2. The molecule has 0 bridgehead atoms. The molecule has 3 rings (SSSR count). The summed E-state index contributed by atoms with van der Waals surface area (Å²) in [5.41, 5.74) is 3.66. The lowest BCUT2D eigenvalue weighted by Crippen LogP contribution is -2.24. The van der Waals surface area contributed by atoms with Crippen LogP contribution in [0.15, 0.2) is 52.9 Å². The highest BCUT2D eigenvalue weighted by atomic mass is 32.2. The topological polar surface area (TPSA) is 85.1 Å². The largest absolute Gasteiger partial charge is 0.419 e. The Labute approximate surface area is 147 Å². The molecule has 6 nitrogen and oxygen atoms in total. The fourth-order valence-electron chi connectivity index (χ4n) is 2.37. The molecule has 0 amide bonds. The Morgan fingerprint density at radius 1 is 1.00 bits per heavy atom. The third-order valence-corrected chi connectivity index (χ3v) is 5.06. The van der Waals surface area contributed by atoms with Crippen LogP contribution in [-0.2, 0) is 22.3 Å². The Balaban J connectivity index is 1.65. The van der Waals surface area contributed by atoms with Crippen molar-refractivity contribution in [3.05, 3.63) is 71.1 Å². The molecule has 0 aliphatic heterocycles. The molecule has 3 aromatic rings. The van der Waals surface area contributed by atoms with Gasteiger partial charge in [-0.2, -0.15) is 0 Å². The summed E-state index contributed by atoms with van der Waals surface area (Å²) in [6.45, 7) is 3.87. The van der Waals surface area contributed by atoms with Gasteiger partial charge < -0.3 is 4.42 Å². The summed E-state index contributed by atoms with van der Waals surface area (Å²) in [5, 5.41) is 7.90. The van der Waals surface area contributed by atoms with Crippen molar-refractivity contribution in [1.82, 2.24) is 14.9 Å². The number of sulfonamides is 1. The van der Waals surface area contributed by atoms with Crippen LogP contribution in [0.4, 0.5) is 0 Å². The Hall–Kier alpha value is -2.51. The van der Waals surface area contributed by atoms with Gasteiger partial charge in [0, 0.05) is 5.56 Å². The average Bonchev–Trinajstić information content (AvgIpc) is 3.04. The fourth-order valence-corrected chi connectivity index (χ4v) is 3.45. The number of nitrogens with one attached hydrogen (secondary N) is 1. The Bertz CT molecular complexity index is 963. The van der Waals surface area contributed by atoms with E-state index in [4.69, 9.17) is 4.42 Å². The number of aromatic nitrogens is 2. The first-order chi connectivity index (χ1) is 11.9. The van der Waals surface area contributed by atoms with Crippen LogP contribution in [0.1, 0.15) is 22.6 Å². The molecule has 0 aliphatic carbocycles. The van der Waals surface area contributed by atoms with Crippen molar-refractivity contribution in [2.75, 3.05) is 0 Å². The predicted molar refractivity (Wildman–Crippen MR) is 95.1 cm³/mol. The van der Waals surface area contributed by atoms with Crippen molar-refractivity contribution in [2.45, 2.75) is 26.1 Å². The number of nitrogens with zero attached hydrogens (tertiary/aromatic N) is 2. The van der Waals surface area contributed by atoms with Crippen molar-refractivity contribution in [2.24, 2.45) is 0 Å². The first-order valence-electron chi connectivity index (χ1n) is 7.84. The van der Waals surface area contributed by atoms with E-state index in [9.17, 15) is 8.42 Å². The molecule has 0 saturated heterocycles. The molecule has 0 unspecified atom stereocenters. The van der Waals surface area contributed by atoms with Gasteiger partial charge in [-0.05, 0) is 31.0 Å². The average molecular weight is 357 g/mol. The summed E-state index contributed by atoms with van der Waals surface area (Å²) in [4.78, 5) is 0. The quantitative estimate of drug-likeness (QED) is 0.733. The molecule has 1 aromatic heterocycles. The lowest BCUT2D eigenvalue weighted by atomic mass is 10.1. The highest BCUT2D eigenvalue weighted by Crippen LogP contribution is 2.21. The molecule has 130 valence electrons. The second-order valence-electron chi connectivity index (χ2n) is 5.88.